The summed E-state index contributed by atoms with van der Waals surface area (Å²) in [5.74, 6) is -1.23. The van der Waals surface area contributed by atoms with Crippen LogP contribution in [0.3, 0.4) is 0 Å². The smallest absolute Gasteiger partial charge is 0.229 e. The second-order valence-corrected chi connectivity index (χ2v) is 7.04. The molecule has 1 saturated heterocycles. The van der Waals surface area contributed by atoms with Gasteiger partial charge in [0, 0.05) is 24.7 Å². The molecule has 2 heterocycles. The quantitative estimate of drug-likeness (QED) is 0.718. The molecule has 148 valence electrons. The average molecular weight is 394 g/mol. The molecule has 7 heteroatoms. The van der Waals surface area contributed by atoms with Crippen molar-refractivity contribution in [1.29, 1.82) is 0 Å². The lowest BCUT2D eigenvalue weighted by Crippen LogP contribution is -2.41. The number of hydrogen-bond donors (Lipinski definition) is 1. The number of aromatic nitrogens is 2. The second kappa shape index (κ2) is 8.34. The number of nitrogens with zero attached hydrogens (tertiary/aromatic N) is 3. The Hall–Kier alpha value is -3.35. The average Bonchev–Trinajstić information content (AvgIpc) is 2.77. The summed E-state index contributed by atoms with van der Waals surface area (Å²) in [5.41, 5.74) is 1.63. The zero-order chi connectivity index (χ0) is 20.2. The van der Waals surface area contributed by atoms with Crippen molar-refractivity contribution in [3.8, 4) is 11.3 Å². The number of amides is 1. The zero-order valence-corrected chi connectivity index (χ0v) is 15.7. The third kappa shape index (κ3) is 4.39. The van der Waals surface area contributed by atoms with E-state index in [1.807, 2.05) is 47.4 Å². The standard InChI is InChI=1S/C22H20F2N4O/c23-17-8-9-18(24)20(13-17)25-22(29)16-7-4-12-28(14-16)21-11-10-19(26-27-21)15-5-2-1-3-6-15/h1-3,5-6,8-11,13,16H,4,7,12,14H2,(H,25,29). The normalized spacial score (nSPS) is 16.5. The lowest BCUT2D eigenvalue weighted by atomic mass is 9.97. The van der Waals surface area contributed by atoms with Crippen molar-refractivity contribution in [2.45, 2.75) is 12.8 Å². The van der Waals surface area contributed by atoms with Gasteiger partial charge >= 0.3 is 0 Å². The molecule has 4 rings (SSSR count). The van der Waals surface area contributed by atoms with Gasteiger partial charge in [-0.05, 0) is 37.1 Å². The summed E-state index contributed by atoms with van der Waals surface area (Å²) in [6.07, 6.45) is 1.47. The summed E-state index contributed by atoms with van der Waals surface area (Å²) in [6, 6.07) is 16.6. The maximum Gasteiger partial charge on any atom is 0.229 e. The summed E-state index contributed by atoms with van der Waals surface area (Å²) in [7, 11) is 0. The van der Waals surface area contributed by atoms with Gasteiger partial charge in [0.2, 0.25) is 5.91 Å². The van der Waals surface area contributed by atoms with E-state index in [0.717, 1.165) is 42.4 Å². The Kier molecular flexibility index (Phi) is 5.46. The third-order valence-electron chi connectivity index (χ3n) is 5.02. The van der Waals surface area contributed by atoms with Crippen LogP contribution in [0.4, 0.5) is 20.3 Å². The predicted molar refractivity (Wildman–Crippen MR) is 107 cm³/mol. The van der Waals surface area contributed by atoms with E-state index in [-0.39, 0.29) is 17.5 Å². The van der Waals surface area contributed by atoms with Crippen LogP contribution in [0.1, 0.15) is 12.8 Å². The molecule has 1 atom stereocenters. The van der Waals surface area contributed by atoms with Gasteiger partial charge in [0.15, 0.2) is 5.82 Å². The van der Waals surface area contributed by atoms with E-state index in [1.54, 1.807) is 0 Å². The minimum Gasteiger partial charge on any atom is -0.354 e. The highest BCUT2D eigenvalue weighted by atomic mass is 19.1. The van der Waals surface area contributed by atoms with Crippen LogP contribution in [-0.2, 0) is 4.79 Å². The number of piperidine rings is 1. The van der Waals surface area contributed by atoms with Crippen molar-refractivity contribution >= 4 is 17.4 Å². The molecule has 0 radical (unpaired) electrons. The number of carbonyl (C=O) groups is 1. The number of rotatable bonds is 4. The summed E-state index contributed by atoms with van der Waals surface area (Å²) >= 11 is 0. The Morgan fingerprint density at radius 3 is 2.62 bits per heavy atom. The van der Waals surface area contributed by atoms with Crippen LogP contribution in [0.15, 0.2) is 60.7 Å². The molecule has 0 spiro atoms. The molecule has 1 N–H and O–H groups in total. The molecule has 1 aliphatic heterocycles. The molecule has 1 amide bonds. The topological polar surface area (TPSA) is 58.1 Å². The van der Waals surface area contributed by atoms with Gasteiger partial charge in [0.25, 0.3) is 0 Å². The maximum absolute atomic E-state index is 13.8. The molecule has 1 aliphatic rings. The van der Waals surface area contributed by atoms with Crippen molar-refractivity contribution in [3.63, 3.8) is 0 Å². The minimum absolute atomic E-state index is 0.140. The highest BCUT2D eigenvalue weighted by Gasteiger charge is 2.27. The van der Waals surface area contributed by atoms with Gasteiger partial charge in [0.1, 0.15) is 11.6 Å². The van der Waals surface area contributed by atoms with Crippen molar-refractivity contribution in [2.24, 2.45) is 5.92 Å². The summed E-state index contributed by atoms with van der Waals surface area (Å²) in [6.45, 7) is 1.21. The van der Waals surface area contributed by atoms with Gasteiger partial charge in [-0.25, -0.2) is 8.78 Å². The summed E-state index contributed by atoms with van der Waals surface area (Å²) < 4.78 is 27.1. The number of hydrogen-bond acceptors (Lipinski definition) is 4. The number of anilines is 2. The monoisotopic (exact) mass is 394 g/mol. The van der Waals surface area contributed by atoms with Gasteiger partial charge in [-0.3, -0.25) is 4.79 Å². The molecule has 3 aromatic rings. The molecule has 0 aliphatic carbocycles. The van der Waals surface area contributed by atoms with Crippen LogP contribution in [0.5, 0.6) is 0 Å². The first-order valence-electron chi connectivity index (χ1n) is 9.50. The first-order chi connectivity index (χ1) is 14.1. The first kappa shape index (κ1) is 19.0. The molecule has 1 aromatic heterocycles. The van der Waals surface area contributed by atoms with Gasteiger partial charge in [-0.15, -0.1) is 10.2 Å². The van der Waals surface area contributed by atoms with E-state index >= 15 is 0 Å². The fourth-order valence-electron chi connectivity index (χ4n) is 3.48. The summed E-state index contributed by atoms with van der Waals surface area (Å²) in [5, 5.41) is 11.1. The summed E-state index contributed by atoms with van der Waals surface area (Å²) in [4.78, 5) is 14.6. The van der Waals surface area contributed by atoms with Crippen molar-refractivity contribution in [2.75, 3.05) is 23.3 Å². The Balaban J connectivity index is 1.44. The van der Waals surface area contributed by atoms with E-state index in [4.69, 9.17) is 0 Å². The Morgan fingerprint density at radius 1 is 1.03 bits per heavy atom. The van der Waals surface area contributed by atoms with E-state index in [0.29, 0.717) is 18.8 Å². The van der Waals surface area contributed by atoms with Gasteiger partial charge in [-0.1, -0.05) is 30.3 Å². The Bertz CT molecular complexity index is 995. The van der Waals surface area contributed by atoms with Crippen molar-refractivity contribution < 1.29 is 13.6 Å². The third-order valence-corrected chi connectivity index (χ3v) is 5.02. The molecule has 2 aromatic carbocycles. The Morgan fingerprint density at radius 2 is 1.86 bits per heavy atom. The molecule has 0 bridgehead atoms. The van der Waals surface area contributed by atoms with Crippen molar-refractivity contribution in [3.05, 3.63) is 72.3 Å². The van der Waals surface area contributed by atoms with Crippen LogP contribution < -0.4 is 10.2 Å². The van der Waals surface area contributed by atoms with Gasteiger partial charge in [-0.2, -0.15) is 0 Å². The maximum atomic E-state index is 13.8. The number of halogens is 2. The van der Waals surface area contributed by atoms with E-state index in [1.165, 1.54) is 0 Å². The van der Waals surface area contributed by atoms with Gasteiger partial charge < -0.3 is 10.2 Å². The van der Waals surface area contributed by atoms with Crippen LogP contribution in [0, 0.1) is 17.6 Å². The molecule has 0 saturated carbocycles. The first-order valence-corrected chi connectivity index (χ1v) is 9.50. The van der Waals surface area contributed by atoms with Gasteiger partial charge in [0.05, 0.1) is 17.3 Å². The molecule has 29 heavy (non-hydrogen) atoms. The fourth-order valence-corrected chi connectivity index (χ4v) is 3.48. The minimum atomic E-state index is -0.658. The predicted octanol–water partition coefficient (Wildman–Crippen LogP) is 4.28. The molecule has 5 nitrogen and oxygen atoms in total. The van der Waals surface area contributed by atoms with Crippen LogP contribution >= 0.6 is 0 Å². The molecule has 1 unspecified atom stereocenters. The Labute approximate surface area is 167 Å². The molecular weight excluding hydrogens is 374 g/mol. The largest absolute Gasteiger partial charge is 0.354 e. The highest BCUT2D eigenvalue weighted by Crippen LogP contribution is 2.25. The lowest BCUT2D eigenvalue weighted by Gasteiger charge is -2.32. The van der Waals surface area contributed by atoms with E-state index in [9.17, 15) is 13.6 Å². The second-order valence-electron chi connectivity index (χ2n) is 7.04. The van der Waals surface area contributed by atoms with Crippen LogP contribution in [0.25, 0.3) is 11.3 Å². The fraction of sp³-hybridized carbons (Fsp3) is 0.227. The highest BCUT2D eigenvalue weighted by molar-refractivity contribution is 5.93. The number of benzene rings is 2. The number of nitrogens with one attached hydrogen (secondary N) is 1. The zero-order valence-electron chi connectivity index (χ0n) is 15.7. The SMILES string of the molecule is O=C(Nc1cc(F)ccc1F)C1CCCN(c2ccc(-c3ccccc3)nn2)C1. The van der Waals surface area contributed by atoms with Crippen LogP contribution in [0.2, 0.25) is 0 Å². The lowest BCUT2D eigenvalue weighted by molar-refractivity contribution is -0.120. The molecular formula is C22H20F2N4O. The van der Waals surface area contributed by atoms with E-state index in [2.05, 4.69) is 15.5 Å². The van der Waals surface area contributed by atoms with E-state index < -0.39 is 11.6 Å². The number of carbonyl (C=O) groups excluding carboxylic acids is 1. The van der Waals surface area contributed by atoms with Crippen molar-refractivity contribution in [1.82, 2.24) is 10.2 Å². The molecule has 1 fully saturated rings. The van der Waals surface area contributed by atoms with Crippen LogP contribution in [-0.4, -0.2) is 29.2 Å².